The van der Waals surface area contributed by atoms with Crippen LogP contribution >= 0.6 is 0 Å². The molecule has 7 heteroatoms. The van der Waals surface area contributed by atoms with Crippen molar-refractivity contribution >= 4 is 5.96 Å². The smallest absolute Gasteiger partial charge is 0.194 e. The van der Waals surface area contributed by atoms with Gasteiger partial charge in [-0.05, 0) is 29.7 Å². The van der Waals surface area contributed by atoms with Gasteiger partial charge in [-0.1, -0.05) is 49.4 Å². The predicted molar refractivity (Wildman–Crippen MR) is 118 cm³/mol. The molecule has 0 radical (unpaired) electrons. The first-order chi connectivity index (χ1) is 14.7. The SMILES string of the molecule is CCc1nncn1CCNC(=NCCc1ccccc1)N(C)Cc1ccc(F)cc1. The monoisotopic (exact) mass is 408 g/mol. The summed E-state index contributed by atoms with van der Waals surface area (Å²) in [6.07, 6.45) is 3.49. The second-order valence-corrected chi connectivity index (χ2v) is 7.14. The maximum atomic E-state index is 13.2. The molecule has 0 aliphatic rings. The van der Waals surface area contributed by atoms with Gasteiger partial charge in [0, 0.05) is 39.6 Å². The number of aryl methyl sites for hydroxylation is 1. The minimum absolute atomic E-state index is 0.225. The van der Waals surface area contributed by atoms with Gasteiger partial charge in [0.05, 0.1) is 0 Å². The summed E-state index contributed by atoms with van der Waals surface area (Å²) in [4.78, 5) is 6.87. The van der Waals surface area contributed by atoms with Gasteiger partial charge in [-0.25, -0.2) is 4.39 Å². The molecule has 0 atom stereocenters. The Morgan fingerprint density at radius 3 is 2.60 bits per heavy atom. The highest BCUT2D eigenvalue weighted by Gasteiger charge is 2.08. The van der Waals surface area contributed by atoms with E-state index < -0.39 is 0 Å². The minimum Gasteiger partial charge on any atom is -0.354 e. The Bertz CT molecular complexity index is 920. The summed E-state index contributed by atoms with van der Waals surface area (Å²) < 4.78 is 15.3. The quantitative estimate of drug-likeness (QED) is 0.436. The van der Waals surface area contributed by atoms with E-state index in [0.29, 0.717) is 19.6 Å². The van der Waals surface area contributed by atoms with Crippen molar-refractivity contribution in [3.8, 4) is 0 Å². The summed E-state index contributed by atoms with van der Waals surface area (Å²) in [5.41, 5.74) is 2.29. The molecule has 0 fully saturated rings. The molecular weight excluding hydrogens is 379 g/mol. The highest BCUT2D eigenvalue weighted by molar-refractivity contribution is 5.79. The molecule has 1 aromatic heterocycles. The fraction of sp³-hybridized carbons (Fsp3) is 0.348. The maximum Gasteiger partial charge on any atom is 0.194 e. The van der Waals surface area contributed by atoms with Crippen LogP contribution < -0.4 is 5.32 Å². The van der Waals surface area contributed by atoms with Crippen LogP contribution in [0.25, 0.3) is 0 Å². The van der Waals surface area contributed by atoms with Crippen LogP contribution in [-0.4, -0.2) is 45.8 Å². The Kier molecular flexibility index (Phi) is 7.94. The third kappa shape index (κ3) is 6.40. The lowest BCUT2D eigenvalue weighted by atomic mass is 10.2. The van der Waals surface area contributed by atoms with E-state index >= 15 is 0 Å². The molecule has 6 nitrogen and oxygen atoms in total. The van der Waals surface area contributed by atoms with E-state index in [1.165, 1.54) is 17.7 Å². The fourth-order valence-electron chi connectivity index (χ4n) is 3.21. The van der Waals surface area contributed by atoms with Gasteiger partial charge in [0.1, 0.15) is 18.0 Å². The Labute approximate surface area is 177 Å². The first-order valence-corrected chi connectivity index (χ1v) is 10.3. The lowest BCUT2D eigenvalue weighted by Crippen LogP contribution is -2.40. The molecule has 0 aliphatic heterocycles. The first-order valence-electron chi connectivity index (χ1n) is 10.3. The molecule has 3 aromatic rings. The first kappa shape index (κ1) is 21.5. The van der Waals surface area contributed by atoms with Crippen molar-refractivity contribution in [2.24, 2.45) is 4.99 Å². The van der Waals surface area contributed by atoms with E-state index in [2.05, 4.69) is 44.0 Å². The zero-order valence-corrected chi connectivity index (χ0v) is 17.6. The Morgan fingerprint density at radius 1 is 1.10 bits per heavy atom. The highest BCUT2D eigenvalue weighted by Crippen LogP contribution is 2.06. The largest absolute Gasteiger partial charge is 0.354 e. The van der Waals surface area contributed by atoms with Gasteiger partial charge in [0.25, 0.3) is 0 Å². The second-order valence-electron chi connectivity index (χ2n) is 7.14. The molecule has 0 saturated carbocycles. The topological polar surface area (TPSA) is 58.3 Å². The van der Waals surface area contributed by atoms with Crippen molar-refractivity contribution in [1.29, 1.82) is 0 Å². The average Bonchev–Trinajstić information content (AvgIpc) is 3.22. The number of benzene rings is 2. The van der Waals surface area contributed by atoms with Crippen molar-refractivity contribution in [3.05, 3.63) is 83.7 Å². The minimum atomic E-state index is -0.225. The van der Waals surface area contributed by atoms with Crippen LogP contribution in [0.2, 0.25) is 0 Å². The normalized spacial score (nSPS) is 11.5. The van der Waals surface area contributed by atoms with Gasteiger partial charge in [0.2, 0.25) is 0 Å². The fourth-order valence-corrected chi connectivity index (χ4v) is 3.21. The van der Waals surface area contributed by atoms with Gasteiger partial charge in [-0.15, -0.1) is 10.2 Å². The van der Waals surface area contributed by atoms with Gasteiger partial charge in [-0.3, -0.25) is 4.99 Å². The molecule has 158 valence electrons. The molecule has 1 heterocycles. The standard InChI is InChI=1S/C23H29FN6/c1-3-22-28-27-18-30(22)16-15-26-23(25-14-13-19-7-5-4-6-8-19)29(2)17-20-9-11-21(24)12-10-20/h4-12,18H,3,13-17H2,1-2H3,(H,25,26). The molecule has 0 unspecified atom stereocenters. The zero-order chi connectivity index (χ0) is 21.2. The van der Waals surface area contributed by atoms with E-state index in [1.807, 2.05) is 25.2 Å². The molecule has 1 N–H and O–H groups in total. The summed E-state index contributed by atoms with van der Waals surface area (Å²) in [7, 11) is 1.99. The molecular formula is C23H29FN6. The van der Waals surface area contributed by atoms with E-state index in [4.69, 9.17) is 4.99 Å². The van der Waals surface area contributed by atoms with Crippen LogP contribution in [-0.2, 0) is 25.9 Å². The third-order valence-corrected chi connectivity index (χ3v) is 4.85. The Balaban J connectivity index is 1.63. The number of nitrogens with one attached hydrogen (secondary N) is 1. The molecule has 0 amide bonds. The molecule has 3 rings (SSSR count). The summed E-state index contributed by atoms with van der Waals surface area (Å²) in [6, 6.07) is 16.9. The predicted octanol–water partition coefficient (Wildman–Crippen LogP) is 3.30. The lowest BCUT2D eigenvalue weighted by molar-refractivity contribution is 0.470. The van der Waals surface area contributed by atoms with Crippen molar-refractivity contribution in [2.45, 2.75) is 32.9 Å². The van der Waals surface area contributed by atoms with Crippen LogP contribution in [0.4, 0.5) is 4.39 Å². The van der Waals surface area contributed by atoms with Crippen molar-refractivity contribution < 1.29 is 4.39 Å². The van der Waals surface area contributed by atoms with Gasteiger partial charge < -0.3 is 14.8 Å². The van der Waals surface area contributed by atoms with Crippen LogP contribution in [0.1, 0.15) is 23.9 Å². The Hall–Kier alpha value is -3.22. The van der Waals surface area contributed by atoms with Crippen molar-refractivity contribution in [2.75, 3.05) is 20.1 Å². The van der Waals surface area contributed by atoms with Crippen LogP contribution in [0.15, 0.2) is 65.9 Å². The average molecular weight is 409 g/mol. The van der Waals surface area contributed by atoms with Crippen LogP contribution in [0.5, 0.6) is 0 Å². The number of nitrogens with zero attached hydrogens (tertiary/aromatic N) is 5. The summed E-state index contributed by atoms with van der Waals surface area (Å²) in [5.74, 6) is 1.57. The number of aromatic nitrogens is 3. The van der Waals surface area contributed by atoms with Crippen LogP contribution in [0.3, 0.4) is 0 Å². The number of guanidine groups is 1. The summed E-state index contributed by atoms with van der Waals surface area (Å²) in [5, 5.41) is 11.6. The van der Waals surface area contributed by atoms with E-state index in [9.17, 15) is 4.39 Å². The number of rotatable bonds is 9. The van der Waals surface area contributed by atoms with Crippen molar-refractivity contribution in [3.63, 3.8) is 0 Å². The second kappa shape index (κ2) is 11.1. The third-order valence-electron chi connectivity index (χ3n) is 4.85. The molecule has 0 aliphatic carbocycles. The maximum absolute atomic E-state index is 13.2. The molecule has 0 spiro atoms. The number of aliphatic imine (C=N–C) groups is 1. The molecule has 0 saturated heterocycles. The van der Waals surface area contributed by atoms with Gasteiger partial charge in [0.15, 0.2) is 5.96 Å². The van der Waals surface area contributed by atoms with Crippen molar-refractivity contribution in [1.82, 2.24) is 25.0 Å². The summed E-state index contributed by atoms with van der Waals surface area (Å²) in [6.45, 7) is 4.87. The van der Waals surface area contributed by atoms with E-state index in [-0.39, 0.29) is 5.82 Å². The Morgan fingerprint density at radius 2 is 1.87 bits per heavy atom. The zero-order valence-electron chi connectivity index (χ0n) is 17.6. The number of hydrogen-bond acceptors (Lipinski definition) is 3. The van der Waals surface area contributed by atoms with E-state index in [0.717, 1.165) is 36.7 Å². The summed E-state index contributed by atoms with van der Waals surface area (Å²) >= 11 is 0. The number of hydrogen-bond donors (Lipinski definition) is 1. The molecule has 2 aromatic carbocycles. The van der Waals surface area contributed by atoms with E-state index in [1.54, 1.807) is 18.5 Å². The van der Waals surface area contributed by atoms with Gasteiger partial charge in [-0.2, -0.15) is 0 Å². The van der Waals surface area contributed by atoms with Gasteiger partial charge >= 0.3 is 0 Å². The van der Waals surface area contributed by atoms with Crippen LogP contribution in [0, 0.1) is 5.82 Å². The molecule has 30 heavy (non-hydrogen) atoms. The molecule has 0 bridgehead atoms. The number of halogens is 1. The highest BCUT2D eigenvalue weighted by atomic mass is 19.1. The lowest BCUT2D eigenvalue weighted by Gasteiger charge is -2.23.